The number of nitrogens with two attached hydrogens (primary N) is 1. The van der Waals surface area contributed by atoms with Crippen LogP contribution in [0.3, 0.4) is 0 Å². The molecule has 0 aromatic heterocycles. The Hall–Kier alpha value is -1.51. The number of hydrogen-bond acceptors (Lipinski definition) is 1. The van der Waals surface area contributed by atoms with Gasteiger partial charge in [0.25, 0.3) is 0 Å². The Morgan fingerprint density at radius 3 is 2.62 bits per heavy atom. The first-order valence-corrected chi connectivity index (χ1v) is 4.28. The molecule has 1 aromatic carbocycles. The molecule has 3 heteroatoms. The minimum Gasteiger partial charge on any atom is -0.351 e. The fraction of sp³-hybridized carbons (Fsp3) is 0.300. The molecule has 0 unspecified atom stereocenters. The van der Waals surface area contributed by atoms with Gasteiger partial charge in [0, 0.05) is 12.7 Å². The molecule has 0 fully saturated rings. The van der Waals surface area contributed by atoms with E-state index in [0.717, 1.165) is 17.7 Å². The molecule has 3 nitrogen and oxygen atoms in total. The summed E-state index contributed by atoms with van der Waals surface area (Å²) in [5.41, 5.74) is 7.19. The molecule has 0 saturated carbocycles. The first-order chi connectivity index (χ1) is 6.16. The fourth-order valence-corrected chi connectivity index (χ4v) is 1.26. The molecular formula is C10H14N2O. The number of para-hydroxylation sites is 1. The maximum absolute atomic E-state index is 10.9. The van der Waals surface area contributed by atoms with Gasteiger partial charge in [-0.1, -0.05) is 25.1 Å². The Morgan fingerprint density at radius 2 is 2.08 bits per heavy atom. The summed E-state index contributed by atoms with van der Waals surface area (Å²) in [6.07, 6.45) is 0.897. The second-order valence-corrected chi connectivity index (χ2v) is 2.88. The monoisotopic (exact) mass is 178 g/mol. The summed E-state index contributed by atoms with van der Waals surface area (Å²) in [6.45, 7) is 2.05. The number of aryl methyl sites for hydroxylation is 1. The van der Waals surface area contributed by atoms with Gasteiger partial charge in [0.2, 0.25) is 0 Å². The van der Waals surface area contributed by atoms with Gasteiger partial charge in [-0.3, -0.25) is 4.90 Å². The summed E-state index contributed by atoms with van der Waals surface area (Å²) in [5.74, 6) is 0. The number of rotatable bonds is 2. The van der Waals surface area contributed by atoms with Crippen molar-refractivity contribution >= 4 is 11.7 Å². The lowest BCUT2D eigenvalue weighted by Gasteiger charge is -2.17. The molecule has 1 rings (SSSR count). The van der Waals surface area contributed by atoms with Crippen molar-refractivity contribution in [1.82, 2.24) is 0 Å². The third-order valence-corrected chi connectivity index (χ3v) is 2.06. The van der Waals surface area contributed by atoms with Crippen LogP contribution in [0.15, 0.2) is 24.3 Å². The zero-order valence-electron chi connectivity index (χ0n) is 7.95. The van der Waals surface area contributed by atoms with E-state index in [-0.39, 0.29) is 0 Å². The summed E-state index contributed by atoms with van der Waals surface area (Å²) < 4.78 is 0. The Kier molecular flexibility index (Phi) is 2.90. The van der Waals surface area contributed by atoms with E-state index in [0.29, 0.717) is 0 Å². The first-order valence-electron chi connectivity index (χ1n) is 4.28. The molecule has 0 radical (unpaired) electrons. The van der Waals surface area contributed by atoms with Crippen LogP contribution in [0.2, 0.25) is 0 Å². The largest absolute Gasteiger partial charge is 0.351 e. The highest BCUT2D eigenvalue weighted by Gasteiger charge is 2.08. The van der Waals surface area contributed by atoms with Crippen molar-refractivity contribution in [3.8, 4) is 0 Å². The number of primary amides is 1. The van der Waals surface area contributed by atoms with Crippen molar-refractivity contribution < 1.29 is 4.79 Å². The number of hydrogen-bond donors (Lipinski definition) is 1. The Balaban J connectivity index is 3.05. The van der Waals surface area contributed by atoms with Crippen LogP contribution in [0.1, 0.15) is 12.5 Å². The first kappa shape index (κ1) is 9.58. The van der Waals surface area contributed by atoms with Crippen molar-refractivity contribution in [2.45, 2.75) is 13.3 Å². The number of carbonyl (C=O) groups is 1. The third-order valence-electron chi connectivity index (χ3n) is 2.06. The summed E-state index contributed by atoms with van der Waals surface area (Å²) in [4.78, 5) is 12.4. The highest BCUT2D eigenvalue weighted by atomic mass is 16.2. The SMILES string of the molecule is CCc1ccccc1N(C)C(N)=O. The Bertz CT molecular complexity index is 310. The molecule has 0 saturated heterocycles. The van der Waals surface area contributed by atoms with Crippen LogP contribution < -0.4 is 10.6 Å². The Morgan fingerprint density at radius 1 is 1.46 bits per heavy atom. The van der Waals surface area contributed by atoms with Crippen molar-refractivity contribution in [3.63, 3.8) is 0 Å². The molecular weight excluding hydrogens is 164 g/mol. The predicted octanol–water partition coefficient (Wildman–Crippen LogP) is 1.76. The van der Waals surface area contributed by atoms with Gasteiger partial charge in [0.05, 0.1) is 0 Å². The molecule has 0 aliphatic rings. The molecule has 0 spiro atoms. The highest BCUT2D eigenvalue weighted by Crippen LogP contribution is 2.18. The Labute approximate surface area is 78.2 Å². The average molecular weight is 178 g/mol. The number of amides is 2. The smallest absolute Gasteiger partial charge is 0.319 e. The molecule has 1 aromatic rings. The number of anilines is 1. The second kappa shape index (κ2) is 3.94. The fourth-order valence-electron chi connectivity index (χ4n) is 1.26. The van der Waals surface area contributed by atoms with Gasteiger partial charge in [-0.05, 0) is 18.1 Å². The normalized spacial score (nSPS) is 9.69. The van der Waals surface area contributed by atoms with Crippen molar-refractivity contribution in [1.29, 1.82) is 0 Å². The lowest BCUT2D eigenvalue weighted by Crippen LogP contribution is -2.32. The summed E-state index contributed by atoms with van der Waals surface area (Å²) in [7, 11) is 1.68. The van der Waals surface area contributed by atoms with Crippen molar-refractivity contribution in [2.75, 3.05) is 11.9 Å². The quantitative estimate of drug-likeness (QED) is 0.737. The maximum Gasteiger partial charge on any atom is 0.319 e. The molecule has 0 aliphatic carbocycles. The van der Waals surface area contributed by atoms with E-state index in [2.05, 4.69) is 0 Å². The molecule has 0 heterocycles. The minimum absolute atomic E-state index is 0.430. The van der Waals surface area contributed by atoms with Crippen LogP contribution in [-0.4, -0.2) is 13.1 Å². The lowest BCUT2D eigenvalue weighted by molar-refractivity contribution is 0.255. The van der Waals surface area contributed by atoms with Gasteiger partial charge < -0.3 is 5.73 Å². The molecule has 0 aliphatic heterocycles. The van der Waals surface area contributed by atoms with Crippen molar-refractivity contribution in [2.24, 2.45) is 5.73 Å². The summed E-state index contributed by atoms with van der Waals surface area (Å²) >= 11 is 0. The van der Waals surface area contributed by atoms with E-state index in [1.54, 1.807) is 7.05 Å². The van der Waals surface area contributed by atoms with Gasteiger partial charge in [-0.25, -0.2) is 4.79 Å². The van der Waals surface area contributed by atoms with Gasteiger partial charge >= 0.3 is 6.03 Å². The number of carbonyl (C=O) groups excluding carboxylic acids is 1. The summed E-state index contributed by atoms with van der Waals surface area (Å²) in [5, 5.41) is 0. The minimum atomic E-state index is -0.430. The average Bonchev–Trinajstić information content (AvgIpc) is 2.16. The van der Waals surface area contributed by atoms with Gasteiger partial charge in [-0.15, -0.1) is 0 Å². The zero-order chi connectivity index (χ0) is 9.84. The molecule has 2 amide bonds. The number of nitrogens with zero attached hydrogens (tertiary/aromatic N) is 1. The van der Waals surface area contributed by atoms with E-state index in [4.69, 9.17) is 5.73 Å². The maximum atomic E-state index is 10.9. The molecule has 13 heavy (non-hydrogen) atoms. The highest BCUT2D eigenvalue weighted by molar-refractivity contribution is 5.90. The topological polar surface area (TPSA) is 46.3 Å². The van der Waals surface area contributed by atoms with Crippen LogP contribution in [-0.2, 0) is 6.42 Å². The third kappa shape index (κ3) is 1.99. The second-order valence-electron chi connectivity index (χ2n) is 2.88. The van der Waals surface area contributed by atoms with Gasteiger partial charge in [0.15, 0.2) is 0 Å². The number of benzene rings is 1. The van der Waals surface area contributed by atoms with Crippen LogP contribution in [0.4, 0.5) is 10.5 Å². The van der Waals surface area contributed by atoms with E-state index < -0.39 is 6.03 Å². The van der Waals surface area contributed by atoms with Crippen LogP contribution in [0, 0.1) is 0 Å². The van der Waals surface area contributed by atoms with Crippen molar-refractivity contribution in [3.05, 3.63) is 29.8 Å². The van der Waals surface area contributed by atoms with Crippen LogP contribution in [0.5, 0.6) is 0 Å². The van der Waals surface area contributed by atoms with Crippen LogP contribution in [0.25, 0.3) is 0 Å². The van der Waals surface area contributed by atoms with E-state index in [1.165, 1.54) is 4.90 Å². The molecule has 0 bridgehead atoms. The van der Waals surface area contributed by atoms with E-state index in [1.807, 2.05) is 31.2 Å². The predicted molar refractivity (Wildman–Crippen MR) is 53.8 cm³/mol. The zero-order valence-corrected chi connectivity index (χ0v) is 7.95. The molecule has 0 atom stereocenters. The number of urea groups is 1. The summed E-state index contributed by atoms with van der Waals surface area (Å²) in [6, 6.07) is 7.31. The molecule has 2 N–H and O–H groups in total. The van der Waals surface area contributed by atoms with E-state index >= 15 is 0 Å². The van der Waals surface area contributed by atoms with Gasteiger partial charge in [0.1, 0.15) is 0 Å². The standard InChI is InChI=1S/C10H14N2O/c1-3-8-6-4-5-7-9(8)12(2)10(11)13/h4-7H,3H2,1-2H3,(H2,11,13). The lowest BCUT2D eigenvalue weighted by atomic mass is 10.1. The van der Waals surface area contributed by atoms with E-state index in [9.17, 15) is 4.79 Å². The van der Waals surface area contributed by atoms with Gasteiger partial charge in [-0.2, -0.15) is 0 Å². The molecule has 70 valence electrons. The van der Waals surface area contributed by atoms with Crippen LogP contribution >= 0.6 is 0 Å².